The number of rotatable bonds is 7. The molecule has 2 fully saturated rings. The quantitative estimate of drug-likeness (QED) is 0.407. The van der Waals surface area contributed by atoms with E-state index in [1.807, 2.05) is 29.1 Å². The number of ether oxygens (including phenoxy) is 3. The summed E-state index contributed by atoms with van der Waals surface area (Å²) in [6.07, 6.45) is 7.92. The average molecular weight is 512 g/mol. The predicted octanol–water partition coefficient (Wildman–Crippen LogP) is 5.89. The summed E-state index contributed by atoms with van der Waals surface area (Å²) in [5.41, 5.74) is 8.14. The molecule has 1 amide bonds. The maximum Gasteiger partial charge on any atom is 0.404 e. The van der Waals surface area contributed by atoms with Crippen LogP contribution in [0.15, 0.2) is 30.5 Å². The van der Waals surface area contributed by atoms with E-state index in [1.165, 1.54) is 0 Å². The smallest absolute Gasteiger partial charge is 0.404 e. The van der Waals surface area contributed by atoms with E-state index >= 15 is 0 Å². The Morgan fingerprint density at radius 1 is 1.19 bits per heavy atom. The SMILES string of the molecule is COc1cc(Nc2cc(C)n(C3CCCCO3)n2)ccc1-c1cnc(C2CCC(OC(N)=O)CC2)s1. The molecule has 1 aliphatic carbocycles. The number of thiazole rings is 1. The second-order valence-corrected chi connectivity index (χ2v) is 10.5. The summed E-state index contributed by atoms with van der Waals surface area (Å²) in [6.45, 7) is 2.84. The molecule has 9 nitrogen and oxygen atoms in total. The Morgan fingerprint density at radius 2 is 2.03 bits per heavy atom. The van der Waals surface area contributed by atoms with Crippen molar-refractivity contribution in [1.29, 1.82) is 0 Å². The molecule has 192 valence electrons. The van der Waals surface area contributed by atoms with E-state index in [2.05, 4.69) is 18.3 Å². The lowest BCUT2D eigenvalue weighted by Gasteiger charge is -2.26. The van der Waals surface area contributed by atoms with Crippen molar-refractivity contribution in [2.24, 2.45) is 5.73 Å². The lowest BCUT2D eigenvalue weighted by molar-refractivity contribution is -0.0404. The van der Waals surface area contributed by atoms with E-state index in [4.69, 9.17) is 30.0 Å². The molecule has 3 heterocycles. The molecular weight excluding hydrogens is 478 g/mol. The minimum atomic E-state index is -0.693. The van der Waals surface area contributed by atoms with Crippen LogP contribution in [0.2, 0.25) is 0 Å². The maximum absolute atomic E-state index is 11.0. The number of benzene rings is 1. The van der Waals surface area contributed by atoms with Crippen LogP contribution in [0.4, 0.5) is 16.3 Å². The van der Waals surface area contributed by atoms with Gasteiger partial charge in [-0.1, -0.05) is 0 Å². The molecule has 1 saturated heterocycles. The van der Waals surface area contributed by atoms with Gasteiger partial charge in [0.15, 0.2) is 12.0 Å². The lowest BCUT2D eigenvalue weighted by atomic mass is 9.88. The van der Waals surface area contributed by atoms with Crippen molar-refractivity contribution in [2.75, 3.05) is 19.0 Å². The first-order valence-electron chi connectivity index (χ1n) is 12.5. The summed E-state index contributed by atoms with van der Waals surface area (Å²) in [5, 5.41) is 9.25. The van der Waals surface area contributed by atoms with Crippen LogP contribution in [0.25, 0.3) is 10.4 Å². The number of nitrogens with two attached hydrogens (primary N) is 1. The number of carbonyl (C=O) groups excluding carboxylic acids is 1. The predicted molar refractivity (Wildman–Crippen MR) is 139 cm³/mol. The lowest BCUT2D eigenvalue weighted by Crippen LogP contribution is -2.26. The van der Waals surface area contributed by atoms with Gasteiger partial charge < -0.3 is 25.3 Å². The van der Waals surface area contributed by atoms with Crippen LogP contribution in [-0.4, -0.2) is 40.7 Å². The zero-order valence-electron chi connectivity index (χ0n) is 20.7. The van der Waals surface area contributed by atoms with Gasteiger partial charge in [-0.15, -0.1) is 11.3 Å². The monoisotopic (exact) mass is 511 g/mol. The van der Waals surface area contributed by atoms with Gasteiger partial charge in [0.2, 0.25) is 0 Å². The molecule has 1 unspecified atom stereocenters. The largest absolute Gasteiger partial charge is 0.496 e. The van der Waals surface area contributed by atoms with Gasteiger partial charge in [0.05, 0.1) is 17.0 Å². The summed E-state index contributed by atoms with van der Waals surface area (Å²) in [6, 6.07) is 8.13. The summed E-state index contributed by atoms with van der Waals surface area (Å²) in [5.74, 6) is 1.93. The van der Waals surface area contributed by atoms with Crippen molar-refractivity contribution in [1.82, 2.24) is 14.8 Å². The van der Waals surface area contributed by atoms with Crippen molar-refractivity contribution in [3.63, 3.8) is 0 Å². The van der Waals surface area contributed by atoms with Crippen molar-refractivity contribution in [2.45, 2.75) is 70.1 Å². The van der Waals surface area contributed by atoms with Gasteiger partial charge in [-0.3, -0.25) is 0 Å². The number of nitrogens with one attached hydrogen (secondary N) is 1. The Labute approximate surface area is 215 Å². The van der Waals surface area contributed by atoms with Crippen molar-refractivity contribution < 1.29 is 19.0 Å². The number of aryl methyl sites for hydroxylation is 1. The van der Waals surface area contributed by atoms with Crippen molar-refractivity contribution in [3.8, 4) is 16.2 Å². The fourth-order valence-corrected chi connectivity index (χ4v) is 6.19. The third-order valence-electron chi connectivity index (χ3n) is 6.92. The first kappa shape index (κ1) is 24.6. The van der Waals surface area contributed by atoms with Crippen LogP contribution in [0, 0.1) is 6.92 Å². The number of hydrogen-bond acceptors (Lipinski definition) is 8. The number of anilines is 2. The minimum absolute atomic E-state index is 0.0115. The number of primary amides is 1. The molecule has 10 heteroatoms. The highest BCUT2D eigenvalue weighted by Crippen LogP contribution is 2.41. The minimum Gasteiger partial charge on any atom is -0.496 e. The van der Waals surface area contributed by atoms with E-state index in [0.717, 1.165) is 89.9 Å². The third kappa shape index (κ3) is 5.49. The second kappa shape index (κ2) is 10.9. The first-order valence-corrected chi connectivity index (χ1v) is 13.4. The molecule has 5 rings (SSSR count). The molecular formula is C26H33N5O4S. The normalized spacial score (nSPS) is 22.2. The summed E-state index contributed by atoms with van der Waals surface area (Å²) >= 11 is 1.69. The topological polar surface area (TPSA) is 114 Å². The molecule has 3 aromatic rings. The van der Waals surface area contributed by atoms with Gasteiger partial charge in [0.1, 0.15) is 11.9 Å². The molecule has 3 N–H and O–H groups in total. The van der Waals surface area contributed by atoms with Crippen LogP contribution in [-0.2, 0) is 9.47 Å². The number of carbonyl (C=O) groups is 1. The van der Waals surface area contributed by atoms with Gasteiger partial charge in [-0.05, 0) is 64.0 Å². The number of amides is 1. The van der Waals surface area contributed by atoms with Gasteiger partial charge in [-0.25, -0.2) is 14.5 Å². The Morgan fingerprint density at radius 3 is 2.75 bits per heavy atom. The standard InChI is InChI=1S/C26H33N5O4S/c1-16-13-23(30-31(16)24-5-3-4-12-34-24)29-18-8-11-20(21(14-18)33-2)22-15-28-25(36-22)17-6-9-19(10-7-17)35-26(27)32/h8,11,13-15,17,19,24H,3-7,9-10,12H2,1-2H3,(H2,27,32)(H,29,30). The van der Waals surface area contributed by atoms with Crippen LogP contribution in [0.3, 0.4) is 0 Å². The van der Waals surface area contributed by atoms with E-state index in [0.29, 0.717) is 5.92 Å². The molecule has 0 radical (unpaired) electrons. The summed E-state index contributed by atoms with van der Waals surface area (Å²) in [4.78, 5) is 16.8. The third-order valence-corrected chi connectivity index (χ3v) is 8.11. The highest BCUT2D eigenvalue weighted by atomic mass is 32.1. The van der Waals surface area contributed by atoms with E-state index in [-0.39, 0.29) is 12.3 Å². The molecule has 1 aliphatic heterocycles. The maximum atomic E-state index is 11.0. The Hall–Kier alpha value is -3.11. The zero-order chi connectivity index (χ0) is 25.1. The summed E-state index contributed by atoms with van der Waals surface area (Å²) < 4.78 is 18.8. The summed E-state index contributed by atoms with van der Waals surface area (Å²) in [7, 11) is 1.68. The molecule has 36 heavy (non-hydrogen) atoms. The number of hydrogen-bond donors (Lipinski definition) is 2. The van der Waals surface area contributed by atoms with Crippen LogP contribution < -0.4 is 15.8 Å². The molecule has 0 bridgehead atoms. The molecule has 1 atom stereocenters. The van der Waals surface area contributed by atoms with Gasteiger partial charge in [-0.2, -0.15) is 5.10 Å². The highest BCUT2D eigenvalue weighted by molar-refractivity contribution is 7.15. The van der Waals surface area contributed by atoms with Crippen molar-refractivity contribution >= 4 is 28.9 Å². The number of nitrogens with zero attached hydrogens (tertiary/aromatic N) is 3. The van der Waals surface area contributed by atoms with Gasteiger partial charge in [0.25, 0.3) is 0 Å². The fourth-order valence-electron chi connectivity index (χ4n) is 5.07. The van der Waals surface area contributed by atoms with Gasteiger partial charge in [0, 0.05) is 47.8 Å². The van der Waals surface area contributed by atoms with Gasteiger partial charge >= 0.3 is 6.09 Å². The highest BCUT2D eigenvalue weighted by Gasteiger charge is 2.27. The Kier molecular flexibility index (Phi) is 7.43. The fraction of sp³-hybridized carbons (Fsp3) is 0.500. The van der Waals surface area contributed by atoms with Crippen molar-refractivity contribution in [3.05, 3.63) is 41.2 Å². The number of aromatic nitrogens is 3. The second-order valence-electron chi connectivity index (χ2n) is 9.45. The molecule has 0 spiro atoms. The Bertz CT molecular complexity index is 1190. The first-order chi connectivity index (χ1) is 17.5. The van der Waals surface area contributed by atoms with Crippen LogP contribution in [0.5, 0.6) is 5.75 Å². The van der Waals surface area contributed by atoms with E-state index < -0.39 is 6.09 Å². The van der Waals surface area contributed by atoms with E-state index in [1.54, 1.807) is 18.4 Å². The van der Waals surface area contributed by atoms with Crippen LogP contribution in [0.1, 0.15) is 67.8 Å². The molecule has 2 aromatic heterocycles. The zero-order valence-corrected chi connectivity index (χ0v) is 21.6. The Balaban J connectivity index is 1.27. The molecule has 2 aliphatic rings. The number of methoxy groups -OCH3 is 1. The molecule has 1 aromatic carbocycles. The van der Waals surface area contributed by atoms with Crippen LogP contribution >= 0.6 is 11.3 Å². The van der Waals surface area contributed by atoms with E-state index in [9.17, 15) is 4.79 Å². The average Bonchev–Trinajstić information content (AvgIpc) is 3.51. The molecule has 1 saturated carbocycles.